The van der Waals surface area contributed by atoms with E-state index in [1.54, 1.807) is 6.07 Å². The number of thioether (sulfide) groups is 1. The Kier molecular flexibility index (Phi) is 5.22. The van der Waals surface area contributed by atoms with Crippen molar-refractivity contribution in [2.24, 2.45) is 16.6 Å². The molecule has 2 aliphatic rings. The highest BCUT2D eigenvalue weighted by Gasteiger charge is 2.47. The third kappa shape index (κ3) is 3.57. The first-order chi connectivity index (χ1) is 13.5. The van der Waals surface area contributed by atoms with E-state index in [0.717, 1.165) is 0 Å². The molecule has 0 spiro atoms. The van der Waals surface area contributed by atoms with Gasteiger partial charge in [0.25, 0.3) is 5.91 Å². The van der Waals surface area contributed by atoms with Crippen molar-refractivity contribution >= 4 is 40.1 Å². The van der Waals surface area contributed by atoms with Gasteiger partial charge in [0, 0.05) is 48.3 Å². The van der Waals surface area contributed by atoms with Crippen LogP contribution in [0, 0.1) is 11.7 Å². The Morgan fingerprint density at radius 3 is 2.96 bits per heavy atom. The van der Waals surface area contributed by atoms with Crippen LogP contribution >= 0.6 is 23.4 Å². The van der Waals surface area contributed by atoms with Crippen LogP contribution in [0.25, 0.3) is 0 Å². The van der Waals surface area contributed by atoms with Crippen molar-refractivity contribution in [3.05, 3.63) is 52.8 Å². The minimum atomic E-state index is -0.796. The second kappa shape index (κ2) is 7.65. The number of halogens is 2. The van der Waals surface area contributed by atoms with Crippen molar-refractivity contribution in [2.45, 2.75) is 12.0 Å². The van der Waals surface area contributed by atoms with Gasteiger partial charge in [-0.1, -0.05) is 23.4 Å². The molecule has 0 radical (unpaired) electrons. The van der Waals surface area contributed by atoms with Gasteiger partial charge in [-0.3, -0.25) is 9.79 Å². The molecule has 1 amide bonds. The predicted octanol–water partition coefficient (Wildman–Crippen LogP) is 2.81. The molecule has 10 heteroatoms. The minimum Gasteiger partial charge on any atom is -0.381 e. The van der Waals surface area contributed by atoms with Gasteiger partial charge in [0.2, 0.25) is 5.82 Å². The number of fused-ring (bicyclic) bond motifs is 1. The highest BCUT2D eigenvalue weighted by atomic mass is 35.5. The normalized spacial score (nSPS) is 24.2. The van der Waals surface area contributed by atoms with Crippen molar-refractivity contribution in [1.82, 2.24) is 9.97 Å². The first kappa shape index (κ1) is 19.1. The summed E-state index contributed by atoms with van der Waals surface area (Å²) in [5, 5.41) is 3.46. The second-order valence-electron chi connectivity index (χ2n) is 6.58. The lowest BCUT2D eigenvalue weighted by Gasteiger charge is -2.44. The standard InChI is InChI=1S/C18H17ClFN5O2S/c19-11-6-22-15(23-7-11)16(26)24-12-1-2-14(20)13(5-12)18-3-4-27-8-10(18)9-28-17(21)25-18/h1-2,5-7,10H,3-4,8-9H2,(H2,21,25)(H,24,26)/t10-,18-/m0/s1. The van der Waals surface area contributed by atoms with Gasteiger partial charge in [-0.15, -0.1) is 0 Å². The molecule has 1 aromatic heterocycles. The predicted molar refractivity (Wildman–Crippen MR) is 106 cm³/mol. The Morgan fingerprint density at radius 2 is 2.18 bits per heavy atom. The van der Waals surface area contributed by atoms with Crippen molar-refractivity contribution in [3.63, 3.8) is 0 Å². The number of hydrogen-bond donors (Lipinski definition) is 2. The number of nitrogens with zero attached hydrogens (tertiary/aromatic N) is 3. The van der Waals surface area contributed by atoms with Crippen LogP contribution in [0.15, 0.2) is 35.6 Å². The number of carbonyl (C=O) groups is 1. The molecule has 0 unspecified atom stereocenters. The Bertz CT molecular complexity index is 942. The van der Waals surface area contributed by atoms with E-state index in [0.29, 0.717) is 46.8 Å². The summed E-state index contributed by atoms with van der Waals surface area (Å²) in [5.74, 6) is -0.245. The highest BCUT2D eigenvalue weighted by molar-refractivity contribution is 8.13. The first-order valence-corrected chi connectivity index (χ1v) is 9.99. The van der Waals surface area contributed by atoms with Gasteiger partial charge in [-0.05, 0) is 18.2 Å². The molecular weight excluding hydrogens is 405 g/mol. The van der Waals surface area contributed by atoms with Crippen molar-refractivity contribution in [3.8, 4) is 0 Å². The van der Waals surface area contributed by atoms with Crippen LogP contribution in [-0.4, -0.2) is 40.0 Å². The summed E-state index contributed by atoms with van der Waals surface area (Å²) in [5.41, 5.74) is 6.00. The molecule has 0 aliphatic carbocycles. The van der Waals surface area contributed by atoms with Crippen LogP contribution in [0.4, 0.5) is 10.1 Å². The summed E-state index contributed by atoms with van der Waals surface area (Å²) in [4.78, 5) is 24.8. The number of aromatic nitrogens is 2. The molecule has 146 valence electrons. The van der Waals surface area contributed by atoms with Crippen LogP contribution in [0.3, 0.4) is 0 Å². The number of amides is 1. The molecule has 2 aromatic rings. The maximum absolute atomic E-state index is 14.8. The maximum Gasteiger partial charge on any atom is 0.293 e. The lowest BCUT2D eigenvalue weighted by molar-refractivity contribution is 0.00886. The van der Waals surface area contributed by atoms with Gasteiger partial charge in [-0.25, -0.2) is 14.4 Å². The Balaban J connectivity index is 1.68. The topological polar surface area (TPSA) is 102 Å². The lowest BCUT2D eigenvalue weighted by Crippen LogP contribution is -2.47. The average molecular weight is 422 g/mol. The van der Waals surface area contributed by atoms with Crippen LogP contribution in [0.1, 0.15) is 22.6 Å². The van der Waals surface area contributed by atoms with Crippen LogP contribution in [-0.2, 0) is 10.3 Å². The molecule has 2 atom stereocenters. The monoisotopic (exact) mass is 421 g/mol. The third-order valence-corrected chi connectivity index (χ3v) is 6.03. The van der Waals surface area contributed by atoms with Crippen molar-refractivity contribution in [2.75, 3.05) is 24.3 Å². The largest absolute Gasteiger partial charge is 0.381 e. The first-order valence-electron chi connectivity index (χ1n) is 8.63. The number of nitrogens with one attached hydrogen (secondary N) is 1. The Labute approximate surface area is 169 Å². The van der Waals surface area contributed by atoms with Crippen molar-refractivity contribution in [1.29, 1.82) is 0 Å². The zero-order valence-corrected chi connectivity index (χ0v) is 16.3. The van der Waals surface area contributed by atoms with Gasteiger partial charge in [0.15, 0.2) is 5.17 Å². The quantitative estimate of drug-likeness (QED) is 0.790. The smallest absolute Gasteiger partial charge is 0.293 e. The molecule has 4 rings (SSSR count). The van der Waals surface area contributed by atoms with E-state index >= 15 is 0 Å². The number of hydrogen-bond acceptors (Lipinski definition) is 7. The fourth-order valence-corrected chi connectivity index (χ4v) is 4.58. The summed E-state index contributed by atoms with van der Waals surface area (Å²) >= 11 is 7.19. The summed E-state index contributed by atoms with van der Waals surface area (Å²) in [6.45, 7) is 0.949. The SMILES string of the molecule is NC1=N[C@@]2(c3cc(NC(=O)c4ncc(Cl)cn4)ccc3F)CCOC[C@H]2CS1. The number of anilines is 1. The highest BCUT2D eigenvalue weighted by Crippen LogP contribution is 2.46. The summed E-state index contributed by atoms with van der Waals surface area (Å²) in [7, 11) is 0. The van der Waals surface area contributed by atoms with Crippen LogP contribution in [0.5, 0.6) is 0 Å². The Hall–Kier alpha value is -2.23. The fraction of sp³-hybridized carbons (Fsp3) is 0.333. The molecule has 2 aliphatic heterocycles. The number of benzene rings is 1. The van der Waals surface area contributed by atoms with Gasteiger partial charge in [0.1, 0.15) is 5.82 Å². The zero-order chi connectivity index (χ0) is 19.7. The van der Waals surface area contributed by atoms with E-state index < -0.39 is 17.3 Å². The summed E-state index contributed by atoms with van der Waals surface area (Å²) < 4.78 is 20.4. The number of nitrogens with two attached hydrogens (primary N) is 1. The lowest BCUT2D eigenvalue weighted by atomic mass is 9.75. The molecule has 1 aromatic carbocycles. The van der Waals surface area contributed by atoms with E-state index in [2.05, 4.69) is 20.3 Å². The fourth-order valence-electron chi connectivity index (χ4n) is 3.51. The molecule has 7 nitrogen and oxygen atoms in total. The second-order valence-corrected chi connectivity index (χ2v) is 8.06. The third-order valence-electron chi connectivity index (χ3n) is 4.88. The number of aliphatic imine (C=N–C) groups is 1. The van der Waals surface area contributed by atoms with Gasteiger partial charge < -0.3 is 15.8 Å². The average Bonchev–Trinajstić information content (AvgIpc) is 2.69. The van der Waals surface area contributed by atoms with Gasteiger partial charge in [-0.2, -0.15) is 0 Å². The summed E-state index contributed by atoms with van der Waals surface area (Å²) in [6.07, 6.45) is 3.19. The maximum atomic E-state index is 14.8. The van der Waals surface area contributed by atoms with Gasteiger partial charge >= 0.3 is 0 Å². The number of rotatable bonds is 3. The van der Waals surface area contributed by atoms with Gasteiger partial charge in [0.05, 0.1) is 17.2 Å². The molecule has 28 heavy (non-hydrogen) atoms. The minimum absolute atomic E-state index is 0.00130. The molecule has 0 bridgehead atoms. The molecular formula is C18H17ClFN5O2S. The molecule has 3 heterocycles. The zero-order valence-electron chi connectivity index (χ0n) is 14.7. The number of carbonyl (C=O) groups excluding carboxylic acids is 1. The van der Waals surface area contributed by atoms with E-state index in [9.17, 15) is 9.18 Å². The molecule has 1 fully saturated rings. The molecule has 3 N–H and O–H groups in total. The summed E-state index contributed by atoms with van der Waals surface area (Å²) in [6, 6.07) is 4.42. The van der Waals surface area contributed by atoms with E-state index in [-0.39, 0.29) is 11.7 Å². The van der Waals surface area contributed by atoms with E-state index in [1.807, 2.05) is 0 Å². The van der Waals surface area contributed by atoms with Crippen LogP contribution < -0.4 is 11.1 Å². The Morgan fingerprint density at radius 1 is 1.39 bits per heavy atom. The number of ether oxygens (including phenoxy) is 1. The number of amidine groups is 1. The molecule has 0 saturated carbocycles. The molecule has 1 saturated heterocycles. The van der Waals surface area contributed by atoms with E-state index in [1.165, 1.54) is 36.3 Å². The van der Waals surface area contributed by atoms with Crippen molar-refractivity contribution < 1.29 is 13.9 Å². The van der Waals surface area contributed by atoms with E-state index in [4.69, 9.17) is 22.1 Å². The van der Waals surface area contributed by atoms with Crippen LogP contribution in [0.2, 0.25) is 5.02 Å².